The van der Waals surface area contributed by atoms with Crippen molar-refractivity contribution in [3.05, 3.63) is 77.5 Å². The van der Waals surface area contributed by atoms with Crippen LogP contribution in [-0.2, 0) is 0 Å². The largest absolute Gasteiger partial charge is 0.339 e. The molecule has 2 aromatic carbocycles. The SMILES string of the molecule is Cc1ccc(Nc2cnc(C(=O)Nc3cccc(F)c3)cn2)c(C)c1. The highest BCUT2D eigenvalue weighted by molar-refractivity contribution is 6.02. The summed E-state index contributed by atoms with van der Waals surface area (Å²) in [5.41, 5.74) is 3.71. The van der Waals surface area contributed by atoms with Gasteiger partial charge in [0.2, 0.25) is 0 Å². The van der Waals surface area contributed by atoms with Crippen molar-refractivity contribution in [2.45, 2.75) is 13.8 Å². The number of nitrogens with zero attached hydrogens (tertiary/aromatic N) is 2. The molecule has 3 rings (SSSR count). The van der Waals surface area contributed by atoms with E-state index in [-0.39, 0.29) is 5.69 Å². The predicted molar refractivity (Wildman–Crippen MR) is 95.6 cm³/mol. The van der Waals surface area contributed by atoms with Gasteiger partial charge in [0.15, 0.2) is 0 Å². The topological polar surface area (TPSA) is 66.9 Å². The maximum absolute atomic E-state index is 13.1. The number of hydrogen-bond acceptors (Lipinski definition) is 4. The molecule has 0 radical (unpaired) electrons. The zero-order chi connectivity index (χ0) is 17.8. The molecule has 0 saturated carbocycles. The van der Waals surface area contributed by atoms with Gasteiger partial charge in [0.1, 0.15) is 17.3 Å². The first-order valence-corrected chi connectivity index (χ1v) is 7.74. The molecule has 0 bridgehead atoms. The quantitative estimate of drug-likeness (QED) is 0.748. The fourth-order valence-electron chi connectivity index (χ4n) is 2.36. The van der Waals surface area contributed by atoms with E-state index in [9.17, 15) is 9.18 Å². The molecule has 0 aliphatic carbocycles. The Hall–Kier alpha value is -3.28. The van der Waals surface area contributed by atoms with Gasteiger partial charge in [-0.3, -0.25) is 4.79 Å². The Bertz CT molecular complexity index is 910. The molecule has 0 aliphatic heterocycles. The van der Waals surface area contributed by atoms with Crippen LogP contribution in [0.4, 0.5) is 21.6 Å². The molecule has 0 aliphatic rings. The van der Waals surface area contributed by atoms with E-state index in [1.54, 1.807) is 6.07 Å². The average Bonchev–Trinajstić information content (AvgIpc) is 2.58. The number of benzene rings is 2. The minimum absolute atomic E-state index is 0.149. The molecule has 25 heavy (non-hydrogen) atoms. The van der Waals surface area contributed by atoms with Crippen molar-refractivity contribution in [1.82, 2.24) is 9.97 Å². The smallest absolute Gasteiger partial charge is 0.275 e. The average molecular weight is 336 g/mol. The lowest BCUT2D eigenvalue weighted by Crippen LogP contribution is -2.14. The Morgan fingerprint density at radius 2 is 1.88 bits per heavy atom. The zero-order valence-electron chi connectivity index (χ0n) is 13.9. The van der Waals surface area contributed by atoms with Gasteiger partial charge in [-0.25, -0.2) is 14.4 Å². The monoisotopic (exact) mass is 336 g/mol. The van der Waals surface area contributed by atoms with Gasteiger partial charge >= 0.3 is 0 Å². The molecule has 3 aromatic rings. The van der Waals surface area contributed by atoms with Gasteiger partial charge in [-0.05, 0) is 43.7 Å². The van der Waals surface area contributed by atoms with Gasteiger partial charge in [-0.1, -0.05) is 23.8 Å². The third-order valence-corrected chi connectivity index (χ3v) is 3.61. The van der Waals surface area contributed by atoms with Crippen LogP contribution in [0, 0.1) is 19.7 Å². The highest BCUT2D eigenvalue weighted by atomic mass is 19.1. The van der Waals surface area contributed by atoms with Crippen LogP contribution in [0.3, 0.4) is 0 Å². The molecule has 5 nitrogen and oxygen atoms in total. The summed E-state index contributed by atoms with van der Waals surface area (Å²) in [4.78, 5) is 20.4. The molecule has 126 valence electrons. The summed E-state index contributed by atoms with van der Waals surface area (Å²) in [5.74, 6) is -0.331. The van der Waals surface area contributed by atoms with Gasteiger partial charge in [-0.15, -0.1) is 0 Å². The van der Waals surface area contributed by atoms with E-state index in [4.69, 9.17) is 0 Å². The van der Waals surface area contributed by atoms with Crippen LogP contribution in [0.15, 0.2) is 54.9 Å². The van der Waals surface area contributed by atoms with Gasteiger partial charge < -0.3 is 10.6 Å². The van der Waals surface area contributed by atoms with E-state index in [2.05, 4.69) is 26.7 Å². The van der Waals surface area contributed by atoms with E-state index in [1.165, 1.54) is 36.2 Å². The van der Waals surface area contributed by atoms with Crippen molar-refractivity contribution >= 4 is 23.1 Å². The summed E-state index contributed by atoms with van der Waals surface area (Å²) >= 11 is 0. The number of halogens is 1. The summed E-state index contributed by atoms with van der Waals surface area (Å²) in [7, 11) is 0. The molecule has 1 aromatic heterocycles. The fourth-order valence-corrected chi connectivity index (χ4v) is 2.36. The second-order valence-electron chi connectivity index (χ2n) is 5.69. The Morgan fingerprint density at radius 3 is 2.56 bits per heavy atom. The number of amides is 1. The summed E-state index contributed by atoms with van der Waals surface area (Å²) in [5, 5.41) is 5.75. The van der Waals surface area contributed by atoms with Crippen LogP contribution in [0.2, 0.25) is 0 Å². The van der Waals surface area contributed by atoms with E-state index < -0.39 is 11.7 Å². The van der Waals surface area contributed by atoms with Crippen LogP contribution < -0.4 is 10.6 Å². The van der Waals surface area contributed by atoms with Gasteiger partial charge in [0, 0.05) is 11.4 Å². The van der Waals surface area contributed by atoms with Crippen molar-refractivity contribution in [1.29, 1.82) is 0 Å². The Kier molecular flexibility index (Phi) is 4.70. The summed E-state index contributed by atoms with van der Waals surface area (Å²) in [6.07, 6.45) is 2.86. The molecule has 0 atom stereocenters. The first kappa shape index (κ1) is 16.6. The number of carbonyl (C=O) groups excluding carboxylic acids is 1. The van der Waals surface area contributed by atoms with E-state index in [0.717, 1.165) is 11.3 Å². The van der Waals surface area contributed by atoms with Crippen LogP contribution in [-0.4, -0.2) is 15.9 Å². The van der Waals surface area contributed by atoms with Crippen molar-refractivity contribution in [3.8, 4) is 0 Å². The third kappa shape index (κ3) is 4.17. The normalized spacial score (nSPS) is 10.4. The van der Waals surface area contributed by atoms with Crippen LogP contribution >= 0.6 is 0 Å². The van der Waals surface area contributed by atoms with E-state index in [0.29, 0.717) is 11.5 Å². The molecule has 0 fully saturated rings. The van der Waals surface area contributed by atoms with Crippen molar-refractivity contribution < 1.29 is 9.18 Å². The van der Waals surface area contributed by atoms with Crippen LogP contribution in [0.5, 0.6) is 0 Å². The van der Waals surface area contributed by atoms with Crippen LogP contribution in [0.1, 0.15) is 21.6 Å². The van der Waals surface area contributed by atoms with Crippen LogP contribution in [0.25, 0.3) is 0 Å². The lowest BCUT2D eigenvalue weighted by molar-refractivity contribution is 0.102. The van der Waals surface area contributed by atoms with Crippen molar-refractivity contribution in [2.24, 2.45) is 0 Å². The van der Waals surface area contributed by atoms with Crippen molar-refractivity contribution in [3.63, 3.8) is 0 Å². The maximum atomic E-state index is 13.1. The first-order chi connectivity index (χ1) is 12.0. The number of aromatic nitrogens is 2. The lowest BCUT2D eigenvalue weighted by atomic mass is 10.1. The lowest BCUT2D eigenvalue weighted by Gasteiger charge is -2.10. The predicted octanol–water partition coefficient (Wildman–Crippen LogP) is 4.23. The maximum Gasteiger partial charge on any atom is 0.275 e. The highest BCUT2D eigenvalue weighted by Crippen LogP contribution is 2.20. The fraction of sp³-hybridized carbons (Fsp3) is 0.105. The molecule has 1 heterocycles. The second-order valence-corrected chi connectivity index (χ2v) is 5.69. The summed E-state index contributed by atoms with van der Waals surface area (Å²) in [6, 6.07) is 11.7. The second kappa shape index (κ2) is 7.09. The zero-order valence-corrected chi connectivity index (χ0v) is 13.9. The number of anilines is 3. The van der Waals surface area contributed by atoms with E-state index >= 15 is 0 Å². The van der Waals surface area contributed by atoms with Gasteiger partial charge in [0.05, 0.1) is 12.4 Å². The Morgan fingerprint density at radius 1 is 1.04 bits per heavy atom. The number of nitrogens with one attached hydrogen (secondary N) is 2. The summed E-state index contributed by atoms with van der Waals surface area (Å²) < 4.78 is 13.1. The first-order valence-electron chi connectivity index (χ1n) is 7.74. The minimum atomic E-state index is -0.448. The molecule has 0 spiro atoms. The van der Waals surface area contributed by atoms with Gasteiger partial charge in [-0.2, -0.15) is 0 Å². The van der Waals surface area contributed by atoms with Gasteiger partial charge in [0.25, 0.3) is 5.91 Å². The molecular weight excluding hydrogens is 319 g/mol. The molecular formula is C19H17FN4O. The number of rotatable bonds is 4. The molecule has 0 unspecified atom stereocenters. The number of carbonyl (C=O) groups is 1. The molecule has 2 N–H and O–H groups in total. The van der Waals surface area contributed by atoms with Crippen molar-refractivity contribution in [2.75, 3.05) is 10.6 Å². The standard InChI is InChI=1S/C19H17FN4O/c1-12-6-7-16(13(2)8-12)24-18-11-21-17(10-22-18)19(25)23-15-5-3-4-14(20)9-15/h3-11H,1-2H3,(H,22,24)(H,23,25). The van der Waals surface area contributed by atoms with E-state index in [1.807, 2.05) is 26.0 Å². The minimum Gasteiger partial charge on any atom is -0.339 e. The molecule has 0 saturated heterocycles. The summed E-state index contributed by atoms with van der Waals surface area (Å²) in [6.45, 7) is 4.03. The number of aryl methyl sites for hydroxylation is 2. The Labute approximate surface area is 145 Å². The third-order valence-electron chi connectivity index (χ3n) is 3.61. The number of hydrogen-bond donors (Lipinski definition) is 2. The molecule has 6 heteroatoms. The highest BCUT2D eigenvalue weighted by Gasteiger charge is 2.09. The Balaban J connectivity index is 1.70. The molecule has 1 amide bonds.